The maximum absolute atomic E-state index is 12.9. The lowest BCUT2D eigenvalue weighted by Gasteiger charge is -2.44. The molecule has 0 amide bonds. The van der Waals surface area contributed by atoms with Gasteiger partial charge < -0.3 is 23.7 Å². The van der Waals surface area contributed by atoms with Gasteiger partial charge in [0.2, 0.25) is 10.0 Å². The van der Waals surface area contributed by atoms with Crippen molar-refractivity contribution in [3.63, 3.8) is 0 Å². The van der Waals surface area contributed by atoms with Gasteiger partial charge in [-0.25, -0.2) is 13.1 Å². The smallest absolute Gasteiger partial charge is 0.303 e. The predicted molar refractivity (Wildman–Crippen MR) is 139 cm³/mol. The lowest BCUT2D eigenvalue weighted by atomic mass is 9.97. The number of carbonyl (C=O) groups is 4. The molecular weight excluding hydrogens is 564 g/mol. The molecule has 2 heterocycles. The molecule has 16 heteroatoms. The first-order chi connectivity index (χ1) is 19.3. The molecule has 5 atom stereocenters. The molecule has 0 spiro atoms. The van der Waals surface area contributed by atoms with Gasteiger partial charge in [-0.2, -0.15) is 0 Å². The number of rotatable bonds is 11. The maximum atomic E-state index is 12.9. The van der Waals surface area contributed by atoms with E-state index in [1.54, 1.807) is 30.3 Å². The van der Waals surface area contributed by atoms with Crippen molar-refractivity contribution in [2.45, 2.75) is 71.8 Å². The normalized spacial score (nSPS) is 22.3. The highest BCUT2D eigenvalue weighted by Crippen LogP contribution is 2.34. The quantitative estimate of drug-likeness (QED) is 0.264. The highest BCUT2D eigenvalue weighted by atomic mass is 32.2. The van der Waals surface area contributed by atoms with Gasteiger partial charge >= 0.3 is 23.9 Å². The fourth-order valence-electron chi connectivity index (χ4n) is 4.18. The average Bonchev–Trinajstić information content (AvgIpc) is 3.36. The van der Waals surface area contributed by atoms with E-state index in [9.17, 15) is 27.6 Å². The van der Waals surface area contributed by atoms with E-state index in [0.717, 1.165) is 25.5 Å². The van der Waals surface area contributed by atoms with Gasteiger partial charge in [0.1, 0.15) is 18.4 Å². The first-order valence-corrected chi connectivity index (χ1v) is 14.2. The number of aromatic nitrogens is 3. The minimum atomic E-state index is -3.72. The number of nitrogens with zero attached hydrogens (tertiary/aromatic N) is 4. The summed E-state index contributed by atoms with van der Waals surface area (Å²) in [6.07, 6.45) is -5.24. The van der Waals surface area contributed by atoms with Crippen LogP contribution in [0.2, 0.25) is 0 Å². The third kappa shape index (κ3) is 8.23. The second-order valence-electron chi connectivity index (χ2n) is 9.02. The van der Waals surface area contributed by atoms with Crippen LogP contribution in [0.25, 0.3) is 0 Å². The molecule has 0 radical (unpaired) electrons. The molecule has 0 unspecified atom stereocenters. The van der Waals surface area contributed by atoms with Crippen molar-refractivity contribution < 1.29 is 51.3 Å². The number of carbonyl (C=O) groups excluding carboxylic acids is 4. The van der Waals surface area contributed by atoms with Crippen LogP contribution in [-0.4, -0.2) is 84.1 Å². The lowest BCUT2D eigenvalue weighted by molar-refractivity contribution is -0.270. The number of sulfonamides is 1. The van der Waals surface area contributed by atoms with Gasteiger partial charge in [0.05, 0.1) is 24.2 Å². The maximum Gasteiger partial charge on any atom is 0.303 e. The number of hydrogen-bond donors (Lipinski definition) is 0. The average molecular weight is 597 g/mol. The summed E-state index contributed by atoms with van der Waals surface area (Å²) in [5.74, 6) is -3.14. The van der Waals surface area contributed by atoms with Gasteiger partial charge in [0.15, 0.2) is 24.5 Å². The van der Waals surface area contributed by atoms with E-state index in [4.69, 9.17) is 23.7 Å². The lowest BCUT2D eigenvalue weighted by Crippen LogP contribution is -2.60. The van der Waals surface area contributed by atoms with Crippen molar-refractivity contribution >= 4 is 39.6 Å². The Labute approximate surface area is 236 Å². The highest BCUT2D eigenvalue weighted by molar-refractivity contribution is 7.92. The fraction of sp³-hybridized carbons (Fsp3) is 0.520. The summed E-state index contributed by atoms with van der Waals surface area (Å²) in [7, 11) is -3.72. The van der Waals surface area contributed by atoms with Crippen LogP contribution in [0.5, 0.6) is 0 Å². The van der Waals surface area contributed by atoms with Crippen LogP contribution in [0.1, 0.15) is 46.5 Å². The molecule has 2 aromatic rings. The molecular formula is C25H32N4O11S. The van der Waals surface area contributed by atoms with Gasteiger partial charge in [0, 0.05) is 27.7 Å². The van der Waals surface area contributed by atoms with Crippen LogP contribution >= 0.6 is 0 Å². The zero-order valence-electron chi connectivity index (χ0n) is 23.2. The Balaban J connectivity index is 2.03. The van der Waals surface area contributed by atoms with Crippen molar-refractivity contribution in [1.29, 1.82) is 0 Å². The number of benzene rings is 1. The molecule has 1 aliphatic heterocycles. The second kappa shape index (κ2) is 13.5. The zero-order valence-corrected chi connectivity index (χ0v) is 24.0. The largest absolute Gasteiger partial charge is 0.463 e. The van der Waals surface area contributed by atoms with Crippen LogP contribution in [-0.2, 0) is 59.4 Å². The summed E-state index contributed by atoms with van der Waals surface area (Å²) >= 11 is 0. The minimum absolute atomic E-state index is 0.171. The molecule has 0 aliphatic carbocycles. The van der Waals surface area contributed by atoms with E-state index in [1.807, 2.05) is 0 Å². The molecule has 41 heavy (non-hydrogen) atoms. The number of para-hydroxylation sites is 1. The van der Waals surface area contributed by atoms with Gasteiger partial charge in [-0.1, -0.05) is 23.4 Å². The van der Waals surface area contributed by atoms with Gasteiger partial charge in [-0.3, -0.25) is 23.5 Å². The van der Waals surface area contributed by atoms with Gasteiger partial charge in [-0.05, 0) is 19.1 Å². The van der Waals surface area contributed by atoms with Crippen LogP contribution in [0.4, 0.5) is 5.69 Å². The number of esters is 4. The first-order valence-electron chi connectivity index (χ1n) is 12.6. The third-order valence-electron chi connectivity index (χ3n) is 5.84. The van der Waals surface area contributed by atoms with Crippen molar-refractivity contribution in [3.8, 4) is 0 Å². The van der Waals surface area contributed by atoms with E-state index in [-0.39, 0.29) is 18.0 Å². The number of ether oxygens (including phenoxy) is 5. The van der Waals surface area contributed by atoms with Gasteiger partial charge in [0.25, 0.3) is 0 Å². The monoisotopic (exact) mass is 596 g/mol. The molecule has 0 bridgehead atoms. The molecule has 0 saturated carbocycles. The second-order valence-corrected chi connectivity index (χ2v) is 11.2. The van der Waals surface area contributed by atoms with E-state index in [2.05, 4.69) is 10.3 Å². The Morgan fingerprint density at radius 1 is 0.902 bits per heavy atom. The van der Waals surface area contributed by atoms with Crippen LogP contribution in [0.15, 0.2) is 36.5 Å². The molecule has 224 valence electrons. The molecule has 15 nitrogen and oxygen atoms in total. The van der Waals surface area contributed by atoms with Gasteiger partial charge in [-0.15, -0.1) is 5.10 Å². The fourth-order valence-corrected chi connectivity index (χ4v) is 5.26. The molecule has 1 aromatic carbocycles. The van der Waals surface area contributed by atoms with Crippen LogP contribution in [0, 0.1) is 0 Å². The summed E-state index contributed by atoms with van der Waals surface area (Å²) < 4.78 is 55.5. The SMILES string of the molecule is CCS(=O)(=O)N(Cc1cn([C@@H]2O[C@H](COC(C)=O)[C@@H](OC(C)=O)[C@H](OC(C)=O)[C@H]2OC(C)=O)nn1)c1ccccc1. The third-order valence-corrected chi connectivity index (χ3v) is 7.58. The molecule has 0 N–H and O–H groups in total. The zero-order chi connectivity index (χ0) is 30.3. The highest BCUT2D eigenvalue weighted by Gasteiger charge is 2.53. The van der Waals surface area contributed by atoms with Crippen LogP contribution < -0.4 is 4.31 Å². The topological polar surface area (TPSA) is 183 Å². The van der Waals surface area contributed by atoms with Crippen molar-refractivity contribution in [2.24, 2.45) is 0 Å². The molecule has 1 aromatic heterocycles. The Morgan fingerprint density at radius 2 is 1.49 bits per heavy atom. The Hall–Kier alpha value is -4.05. The number of hydrogen-bond acceptors (Lipinski definition) is 13. The van der Waals surface area contributed by atoms with Crippen molar-refractivity contribution in [1.82, 2.24) is 15.0 Å². The molecule has 1 aliphatic rings. The first kappa shape index (κ1) is 31.5. The summed E-state index contributed by atoms with van der Waals surface area (Å²) in [5.41, 5.74) is 0.620. The Bertz CT molecular complexity index is 1350. The van der Waals surface area contributed by atoms with Crippen molar-refractivity contribution in [2.75, 3.05) is 16.7 Å². The van der Waals surface area contributed by atoms with E-state index >= 15 is 0 Å². The molecule has 1 fully saturated rings. The van der Waals surface area contributed by atoms with E-state index in [0.29, 0.717) is 5.69 Å². The summed E-state index contributed by atoms with van der Waals surface area (Å²) in [6.45, 7) is 5.43. The van der Waals surface area contributed by atoms with Crippen LogP contribution in [0.3, 0.4) is 0 Å². The molecule has 1 saturated heterocycles. The minimum Gasteiger partial charge on any atom is -0.463 e. The summed E-state index contributed by atoms with van der Waals surface area (Å²) in [4.78, 5) is 47.6. The standard InChI is InChI=1S/C25H32N4O11S/c1-6-41(34,35)29(20-10-8-7-9-11-20)13-19-12-28(27-26-19)25-24(39-18(5)33)23(38-17(4)32)22(37-16(3)31)21(40-25)14-36-15(2)30/h7-12,21-25H,6,13-14H2,1-5H3/t21-,22-,23+,24-,25-/m1/s1. The predicted octanol–water partition coefficient (Wildman–Crippen LogP) is 0.890. The van der Waals surface area contributed by atoms with E-state index in [1.165, 1.54) is 24.3 Å². The Morgan fingerprint density at radius 3 is 2.05 bits per heavy atom. The summed E-state index contributed by atoms with van der Waals surface area (Å²) in [5, 5.41) is 8.13. The Kier molecular flexibility index (Phi) is 10.4. The number of anilines is 1. The summed E-state index contributed by atoms with van der Waals surface area (Å²) in [6, 6.07) is 8.42. The molecule has 3 rings (SSSR count). The van der Waals surface area contributed by atoms with Crippen molar-refractivity contribution in [3.05, 3.63) is 42.2 Å². The van der Waals surface area contributed by atoms with E-state index < -0.39 is 71.2 Å².